The summed E-state index contributed by atoms with van der Waals surface area (Å²) >= 11 is 0. The van der Waals surface area contributed by atoms with Gasteiger partial charge in [-0.25, -0.2) is 4.68 Å². The van der Waals surface area contributed by atoms with Gasteiger partial charge >= 0.3 is 12.1 Å². The van der Waals surface area contributed by atoms with Crippen molar-refractivity contribution in [2.45, 2.75) is 45.3 Å². The highest BCUT2D eigenvalue weighted by molar-refractivity contribution is 5.93. The number of aromatic nitrogens is 2. The summed E-state index contributed by atoms with van der Waals surface area (Å²) in [6, 6.07) is 5.76. The predicted octanol–water partition coefficient (Wildman–Crippen LogP) is 3.02. The Bertz CT molecular complexity index is 1020. The number of nitrogens with zero attached hydrogens (tertiary/aromatic N) is 2. The molecule has 30 heavy (non-hydrogen) atoms. The van der Waals surface area contributed by atoms with E-state index in [9.17, 15) is 27.6 Å². The van der Waals surface area contributed by atoms with Crippen LogP contribution in [0.4, 0.5) is 13.2 Å². The van der Waals surface area contributed by atoms with Gasteiger partial charge < -0.3 is 10.1 Å². The number of ether oxygens (including phenoxy) is 1. The summed E-state index contributed by atoms with van der Waals surface area (Å²) in [5.41, 5.74) is -3.51. The lowest BCUT2D eigenvalue weighted by Crippen LogP contribution is -2.48. The minimum absolute atomic E-state index is 0.126. The van der Waals surface area contributed by atoms with Crippen LogP contribution in [0.1, 0.15) is 48.4 Å². The van der Waals surface area contributed by atoms with Gasteiger partial charge in [-0.2, -0.15) is 18.3 Å². The first kappa shape index (κ1) is 23.1. The molecule has 1 aromatic carbocycles. The van der Waals surface area contributed by atoms with Crippen molar-refractivity contribution >= 4 is 11.9 Å². The standard InChI is InChI=1S/C20H22F3N3O4/c1-5-19(3,11-16(28)30-4)24-18(29)17-15(27)10-12(2)26(25-17)14-9-7-6-8-13(14)20(21,22)23/h6-10H,5,11H2,1-4H3,(H,24,29)/t19-/m1/s1. The number of benzene rings is 1. The number of esters is 1. The summed E-state index contributed by atoms with van der Waals surface area (Å²) in [5.74, 6) is -1.46. The number of aryl methyl sites for hydroxylation is 1. The van der Waals surface area contributed by atoms with Gasteiger partial charge in [-0.1, -0.05) is 19.1 Å². The second kappa shape index (κ2) is 8.68. The van der Waals surface area contributed by atoms with Crippen molar-refractivity contribution in [3.63, 3.8) is 0 Å². The van der Waals surface area contributed by atoms with E-state index in [1.807, 2.05) is 0 Å². The summed E-state index contributed by atoms with van der Waals surface area (Å²) in [6.45, 7) is 4.73. The summed E-state index contributed by atoms with van der Waals surface area (Å²) in [5, 5.41) is 6.48. The van der Waals surface area contributed by atoms with Gasteiger partial charge in [0.1, 0.15) is 0 Å². The molecule has 0 bridgehead atoms. The number of rotatable bonds is 6. The Morgan fingerprint density at radius 1 is 1.23 bits per heavy atom. The van der Waals surface area contributed by atoms with Crippen molar-refractivity contribution in [2.75, 3.05) is 7.11 Å². The van der Waals surface area contributed by atoms with Crippen molar-refractivity contribution in [3.05, 3.63) is 57.5 Å². The van der Waals surface area contributed by atoms with E-state index in [1.54, 1.807) is 13.8 Å². The summed E-state index contributed by atoms with van der Waals surface area (Å²) in [4.78, 5) is 36.7. The van der Waals surface area contributed by atoms with Gasteiger partial charge in [0.2, 0.25) is 5.43 Å². The van der Waals surface area contributed by atoms with Crippen LogP contribution < -0.4 is 10.7 Å². The Hall–Kier alpha value is -3.17. The zero-order chi connectivity index (χ0) is 22.7. The van der Waals surface area contributed by atoms with Gasteiger partial charge in [-0.15, -0.1) is 0 Å². The van der Waals surface area contributed by atoms with Crippen LogP contribution >= 0.6 is 0 Å². The molecule has 162 valence electrons. The Balaban J connectivity index is 2.52. The van der Waals surface area contributed by atoms with Crippen LogP contribution in [0.2, 0.25) is 0 Å². The molecule has 2 aromatic rings. The molecule has 1 heterocycles. The number of carbonyl (C=O) groups excluding carboxylic acids is 2. The van der Waals surface area contributed by atoms with Gasteiger partial charge in [0.15, 0.2) is 5.69 Å². The fourth-order valence-corrected chi connectivity index (χ4v) is 2.83. The molecule has 0 aliphatic heterocycles. The van der Waals surface area contributed by atoms with Crippen molar-refractivity contribution in [1.82, 2.24) is 15.1 Å². The molecule has 0 unspecified atom stereocenters. The van der Waals surface area contributed by atoms with E-state index in [2.05, 4.69) is 15.2 Å². The van der Waals surface area contributed by atoms with Crippen molar-refractivity contribution < 1.29 is 27.5 Å². The minimum Gasteiger partial charge on any atom is -0.469 e. The Morgan fingerprint density at radius 3 is 2.43 bits per heavy atom. The molecule has 0 aliphatic rings. The van der Waals surface area contributed by atoms with Crippen LogP contribution in [-0.2, 0) is 15.7 Å². The number of alkyl halides is 3. The van der Waals surface area contributed by atoms with E-state index in [0.717, 1.165) is 16.8 Å². The molecule has 10 heteroatoms. The lowest BCUT2D eigenvalue weighted by Gasteiger charge is -2.28. The smallest absolute Gasteiger partial charge is 0.418 e. The van der Waals surface area contributed by atoms with Gasteiger partial charge in [0.05, 0.1) is 24.8 Å². The average Bonchev–Trinajstić information content (AvgIpc) is 2.67. The zero-order valence-corrected chi connectivity index (χ0v) is 17.0. The molecule has 7 nitrogen and oxygen atoms in total. The Kier molecular flexibility index (Phi) is 6.69. The number of hydrogen-bond acceptors (Lipinski definition) is 5. The molecule has 0 fully saturated rings. The second-order valence-electron chi connectivity index (χ2n) is 7.05. The van der Waals surface area contributed by atoms with Crippen LogP contribution in [-0.4, -0.2) is 34.3 Å². The fraction of sp³-hybridized carbons (Fsp3) is 0.400. The third kappa shape index (κ3) is 5.05. The molecule has 1 amide bonds. The van der Waals surface area contributed by atoms with Crippen molar-refractivity contribution in [1.29, 1.82) is 0 Å². The highest BCUT2D eigenvalue weighted by atomic mass is 19.4. The Labute approximate surface area is 170 Å². The monoisotopic (exact) mass is 425 g/mol. The van der Waals surface area contributed by atoms with Crippen molar-refractivity contribution in [2.24, 2.45) is 0 Å². The van der Waals surface area contributed by atoms with Crippen molar-refractivity contribution in [3.8, 4) is 5.69 Å². The second-order valence-corrected chi connectivity index (χ2v) is 7.05. The number of methoxy groups -OCH3 is 1. The molecule has 1 atom stereocenters. The van der Waals surface area contributed by atoms with Gasteiger partial charge in [-0.05, 0) is 32.4 Å². The van der Waals surface area contributed by atoms with E-state index in [0.29, 0.717) is 6.42 Å². The van der Waals surface area contributed by atoms with Gasteiger partial charge in [-0.3, -0.25) is 14.4 Å². The first-order chi connectivity index (χ1) is 13.9. The zero-order valence-electron chi connectivity index (χ0n) is 17.0. The van der Waals surface area contributed by atoms with E-state index in [1.165, 1.54) is 32.2 Å². The van der Waals surface area contributed by atoms with E-state index >= 15 is 0 Å². The number of hydrogen-bond donors (Lipinski definition) is 1. The van der Waals surface area contributed by atoms with E-state index in [4.69, 9.17) is 0 Å². The van der Waals surface area contributed by atoms with Gasteiger partial charge in [0.25, 0.3) is 5.91 Å². The van der Waals surface area contributed by atoms with E-state index in [-0.39, 0.29) is 17.8 Å². The SMILES string of the molecule is CC[C@](C)(CC(=O)OC)NC(=O)c1nn(-c2ccccc2C(F)(F)F)c(C)cc1=O. The van der Waals surface area contributed by atoms with Crippen LogP contribution in [0.5, 0.6) is 0 Å². The quantitative estimate of drug-likeness (QED) is 0.719. The summed E-state index contributed by atoms with van der Waals surface area (Å²) in [6.07, 6.45) is -4.47. The molecule has 2 rings (SSSR count). The maximum absolute atomic E-state index is 13.4. The highest BCUT2D eigenvalue weighted by Gasteiger charge is 2.35. The molecule has 0 radical (unpaired) electrons. The minimum atomic E-state index is -4.66. The third-order valence-corrected chi connectivity index (χ3v) is 4.72. The molecule has 0 saturated carbocycles. The fourth-order valence-electron chi connectivity index (χ4n) is 2.83. The average molecular weight is 425 g/mol. The molecular weight excluding hydrogens is 403 g/mol. The van der Waals surface area contributed by atoms with E-state index < -0.39 is 40.3 Å². The molecule has 1 N–H and O–H groups in total. The maximum Gasteiger partial charge on any atom is 0.418 e. The maximum atomic E-state index is 13.4. The highest BCUT2D eigenvalue weighted by Crippen LogP contribution is 2.33. The lowest BCUT2D eigenvalue weighted by molar-refractivity contribution is -0.142. The van der Waals surface area contributed by atoms with Crippen LogP contribution in [0.15, 0.2) is 35.1 Å². The van der Waals surface area contributed by atoms with Crippen LogP contribution in [0.25, 0.3) is 5.69 Å². The summed E-state index contributed by atoms with van der Waals surface area (Å²) in [7, 11) is 1.21. The molecule has 0 spiro atoms. The summed E-state index contributed by atoms with van der Waals surface area (Å²) < 4.78 is 45.7. The topological polar surface area (TPSA) is 90.3 Å². The number of halogens is 3. The largest absolute Gasteiger partial charge is 0.469 e. The predicted molar refractivity (Wildman–Crippen MR) is 102 cm³/mol. The Morgan fingerprint density at radius 2 is 1.87 bits per heavy atom. The lowest BCUT2D eigenvalue weighted by atomic mass is 9.94. The number of nitrogens with one attached hydrogen (secondary N) is 1. The normalized spacial score (nSPS) is 13.4. The first-order valence-corrected chi connectivity index (χ1v) is 9.08. The molecule has 1 aromatic heterocycles. The number of para-hydroxylation sites is 1. The van der Waals surface area contributed by atoms with Crippen LogP contribution in [0, 0.1) is 6.92 Å². The number of amides is 1. The number of carbonyl (C=O) groups is 2. The third-order valence-electron chi connectivity index (χ3n) is 4.72. The van der Waals surface area contributed by atoms with Gasteiger partial charge in [0, 0.05) is 17.3 Å². The molecule has 0 aliphatic carbocycles. The molecular formula is C20H22F3N3O4. The first-order valence-electron chi connectivity index (χ1n) is 9.08. The molecule has 0 saturated heterocycles. The van der Waals surface area contributed by atoms with Crippen LogP contribution in [0.3, 0.4) is 0 Å².